The third-order valence-corrected chi connectivity index (χ3v) is 10.4. The van der Waals surface area contributed by atoms with Gasteiger partial charge in [0.15, 0.2) is 6.10 Å². The smallest absolute Gasteiger partial charge is 0.306 e. The second-order valence-corrected chi connectivity index (χ2v) is 16.5. The molecule has 64 heavy (non-hydrogen) atoms. The summed E-state index contributed by atoms with van der Waals surface area (Å²) in [7, 11) is 0. The quantitative estimate of drug-likeness (QED) is 0.0199. The Morgan fingerprint density at radius 1 is 0.344 bits per heavy atom. The fraction of sp³-hybridized carbons (Fsp3) is 0.603. The maximum Gasteiger partial charge on any atom is 0.306 e. The van der Waals surface area contributed by atoms with Crippen molar-refractivity contribution in [1.29, 1.82) is 0 Å². The number of carbonyl (C=O) groups excluding carboxylic acids is 3. The molecule has 1 unspecified atom stereocenters. The van der Waals surface area contributed by atoms with Gasteiger partial charge in [-0.15, -0.1) is 0 Å². The molecule has 0 bridgehead atoms. The fourth-order valence-corrected chi connectivity index (χ4v) is 6.62. The zero-order valence-corrected chi connectivity index (χ0v) is 41.0. The fourth-order valence-electron chi connectivity index (χ4n) is 6.62. The van der Waals surface area contributed by atoms with Gasteiger partial charge >= 0.3 is 17.9 Å². The summed E-state index contributed by atoms with van der Waals surface area (Å²) in [6.45, 7) is 6.29. The third-order valence-electron chi connectivity index (χ3n) is 10.4. The Morgan fingerprint density at radius 3 is 1.17 bits per heavy atom. The summed E-state index contributed by atoms with van der Waals surface area (Å²) >= 11 is 0. The average molecular weight is 885 g/mol. The molecule has 0 aliphatic heterocycles. The van der Waals surface area contributed by atoms with Crippen molar-refractivity contribution in [3.8, 4) is 0 Å². The molecule has 6 nitrogen and oxygen atoms in total. The molecular formula is C58H92O6. The maximum atomic E-state index is 12.8. The summed E-state index contributed by atoms with van der Waals surface area (Å²) in [5.74, 6) is -1.00. The van der Waals surface area contributed by atoms with Crippen molar-refractivity contribution in [3.63, 3.8) is 0 Å². The Kier molecular flexibility index (Phi) is 48.1. The number of esters is 3. The Balaban J connectivity index is 4.53. The van der Waals surface area contributed by atoms with Gasteiger partial charge in [0.2, 0.25) is 0 Å². The highest BCUT2D eigenvalue weighted by Gasteiger charge is 2.19. The first-order valence-corrected chi connectivity index (χ1v) is 25.6. The SMILES string of the molecule is CC\C=C/C=C\C=C/C=C\C=C\C=C/C=C\CCCCCC(=O)OCC(COC(=O)CCCC/C=C\C/C=C\C/C=C\CC)OC(=O)CCCCCCCCCCCCCCCCC. The van der Waals surface area contributed by atoms with Crippen molar-refractivity contribution in [2.45, 2.75) is 213 Å². The summed E-state index contributed by atoms with van der Waals surface area (Å²) < 4.78 is 16.7. The van der Waals surface area contributed by atoms with E-state index in [4.69, 9.17) is 14.2 Å². The van der Waals surface area contributed by atoms with Crippen molar-refractivity contribution in [1.82, 2.24) is 0 Å². The van der Waals surface area contributed by atoms with Gasteiger partial charge in [-0.3, -0.25) is 14.4 Å². The molecule has 0 radical (unpaired) electrons. The van der Waals surface area contributed by atoms with Gasteiger partial charge in [-0.05, 0) is 70.6 Å². The number of unbranched alkanes of at least 4 members (excludes halogenated alkanes) is 19. The molecule has 6 heteroatoms. The standard InChI is InChI=1S/C58H92O6/c1-4-7-10-13-16-19-22-25-27-28-29-30-32-33-36-39-42-45-48-51-57(60)63-54-55(53-62-56(59)50-47-44-41-38-35-24-21-18-15-12-9-6-3)64-58(61)52-49-46-43-40-37-34-31-26-23-20-17-14-11-8-5-2/h7,9-10,12-13,16,18-19,21-22,25,27-30,32-33,35-36,38,55H,4-6,8,11,14-15,17,20,23-24,26,31,34,37,39-54H2,1-3H3/b10-7-,12-9-,16-13-,21-18-,22-19-,27-25-,29-28+,32-30-,36-33-,38-35-. The van der Waals surface area contributed by atoms with Crippen molar-refractivity contribution in [3.05, 3.63) is 122 Å². The molecule has 1 atom stereocenters. The van der Waals surface area contributed by atoms with Gasteiger partial charge in [0.25, 0.3) is 0 Å². The van der Waals surface area contributed by atoms with Crippen LogP contribution in [0, 0.1) is 0 Å². The molecular weight excluding hydrogens is 793 g/mol. The Morgan fingerprint density at radius 2 is 0.688 bits per heavy atom. The topological polar surface area (TPSA) is 78.9 Å². The number of allylic oxidation sites excluding steroid dienone is 20. The minimum absolute atomic E-state index is 0.115. The van der Waals surface area contributed by atoms with E-state index in [-0.39, 0.29) is 31.1 Å². The van der Waals surface area contributed by atoms with E-state index in [1.165, 1.54) is 77.0 Å². The molecule has 0 saturated heterocycles. The monoisotopic (exact) mass is 885 g/mol. The number of hydrogen-bond acceptors (Lipinski definition) is 6. The molecule has 0 aromatic carbocycles. The molecule has 0 heterocycles. The molecule has 0 spiro atoms. The van der Waals surface area contributed by atoms with Crippen LogP contribution in [0.15, 0.2) is 122 Å². The lowest BCUT2D eigenvalue weighted by molar-refractivity contribution is -0.167. The summed E-state index contributed by atoms with van der Waals surface area (Å²) in [6.07, 6.45) is 70.4. The van der Waals surface area contributed by atoms with E-state index in [2.05, 4.69) is 69.4 Å². The average Bonchev–Trinajstić information content (AvgIpc) is 3.29. The predicted octanol–water partition coefficient (Wildman–Crippen LogP) is 16.9. The van der Waals surface area contributed by atoms with Crippen LogP contribution in [0.4, 0.5) is 0 Å². The lowest BCUT2D eigenvalue weighted by Gasteiger charge is -2.18. The molecule has 0 aliphatic carbocycles. The molecule has 0 aliphatic rings. The molecule has 0 N–H and O–H groups in total. The van der Waals surface area contributed by atoms with Crippen LogP contribution >= 0.6 is 0 Å². The zero-order chi connectivity index (χ0) is 46.5. The normalized spacial score (nSPS) is 13.1. The number of ether oxygens (including phenoxy) is 3. The molecule has 0 aromatic rings. The van der Waals surface area contributed by atoms with Crippen LogP contribution < -0.4 is 0 Å². The predicted molar refractivity (Wildman–Crippen MR) is 274 cm³/mol. The van der Waals surface area contributed by atoms with Crippen LogP contribution in [-0.4, -0.2) is 37.2 Å². The lowest BCUT2D eigenvalue weighted by atomic mass is 10.0. The highest BCUT2D eigenvalue weighted by molar-refractivity contribution is 5.71. The Labute approximate surface area is 392 Å². The molecule has 0 saturated carbocycles. The van der Waals surface area contributed by atoms with Gasteiger partial charge in [0.05, 0.1) is 0 Å². The number of hydrogen-bond donors (Lipinski definition) is 0. The van der Waals surface area contributed by atoms with E-state index in [0.29, 0.717) is 19.3 Å². The first-order chi connectivity index (χ1) is 31.5. The first kappa shape index (κ1) is 59.8. The second kappa shape index (κ2) is 51.4. The number of rotatable bonds is 44. The van der Waals surface area contributed by atoms with Crippen LogP contribution in [0.5, 0.6) is 0 Å². The van der Waals surface area contributed by atoms with Gasteiger partial charge in [-0.1, -0.05) is 239 Å². The van der Waals surface area contributed by atoms with E-state index in [0.717, 1.165) is 89.9 Å². The molecule has 360 valence electrons. The Hall–Kier alpha value is -4.19. The number of carbonyl (C=O) groups is 3. The van der Waals surface area contributed by atoms with Crippen LogP contribution in [-0.2, 0) is 28.6 Å². The van der Waals surface area contributed by atoms with Gasteiger partial charge in [-0.2, -0.15) is 0 Å². The molecule has 0 amide bonds. The van der Waals surface area contributed by atoms with Crippen molar-refractivity contribution in [2.24, 2.45) is 0 Å². The largest absolute Gasteiger partial charge is 0.462 e. The summed E-state index contributed by atoms with van der Waals surface area (Å²) in [5.41, 5.74) is 0. The molecule has 0 fully saturated rings. The molecule has 0 rings (SSSR count). The van der Waals surface area contributed by atoms with E-state index < -0.39 is 6.10 Å². The highest BCUT2D eigenvalue weighted by Crippen LogP contribution is 2.15. The van der Waals surface area contributed by atoms with E-state index in [1.807, 2.05) is 72.9 Å². The first-order valence-electron chi connectivity index (χ1n) is 25.6. The minimum Gasteiger partial charge on any atom is -0.462 e. The van der Waals surface area contributed by atoms with Crippen molar-refractivity contribution in [2.75, 3.05) is 13.2 Å². The highest BCUT2D eigenvalue weighted by atomic mass is 16.6. The van der Waals surface area contributed by atoms with Gasteiger partial charge in [0.1, 0.15) is 13.2 Å². The van der Waals surface area contributed by atoms with Crippen molar-refractivity contribution < 1.29 is 28.6 Å². The van der Waals surface area contributed by atoms with Crippen LogP contribution in [0.25, 0.3) is 0 Å². The summed E-state index contributed by atoms with van der Waals surface area (Å²) in [5, 5.41) is 0. The van der Waals surface area contributed by atoms with Gasteiger partial charge in [0, 0.05) is 19.3 Å². The molecule has 0 aromatic heterocycles. The minimum atomic E-state index is -0.813. The van der Waals surface area contributed by atoms with Crippen LogP contribution in [0.2, 0.25) is 0 Å². The van der Waals surface area contributed by atoms with Gasteiger partial charge < -0.3 is 14.2 Å². The Bertz CT molecular complexity index is 1390. The van der Waals surface area contributed by atoms with E-state index in [9.17, 15) is 14.4 Å². The third kappa shape index (κ3) is 48.8. The lowest BCUT2D eigenvalue weighted by Crippen LogP contribution is -2.30. The maximum absolute atomic E-state index is 12.8. The van der Waals surface area contributed by atoms with E-state index in [1.54, 1.807) is 0 Å². The van der Waals surface area contributed by atoms with Crippen LogP contribution in [0.1, 0.15) is 207 Å². The zero-order valence-electron chi connectivity index (χ0n) is 41.0. The van der Waals surface area contributed by atoms with Gasteiger partial charge in [-0.25, -0.2) is 0 Å². The van der Waals surface area contributed by atoms with E-state index >= 15 is 0 Å². The van der Waals surface area contributed by atoms with Crippen molar-refractivity contribution >= 4 is 17.9 Å². The van der Waals surface area contributed by atoms with Crippen LogP contribution in [0.3, 0.4) is 0 Å². The summed E-state index contributed by atoms with van der Waals surface area (Å²) in [6, 6.07) is 0. The second-order valence-electron chi connectivity index (χ2n) is 16.5. The summed E-state index contributed by atoms with van der Waals surface area (Å²) in [4.78, 5) is 38.0.